The second kappa shape index (κ2) is 4.88. The van der Waals surface area contributed by atoms with Crippen molar-refractivity contribution in [1.82, 2.24) is 5.32 Å². The van der Waals surface area contributed by atoms with E-state index in [0.29, 0.717) is 23.3 Å². The molecule has 0 aliphatic carbocycles. The third kappa shape index (κ3) is 3.02. The summed E-state index contributed by atoms with van der Waals surface area (Å²) in [6.45, 7) is 5.69. The van der Waals surface area contributed by atoms with E-state index in [2.05, 4.69) is 19.2 Å². The van der Waals surface area contributed by atoms with Crippen molar-refractivity contribution in [3.8, 4) is 0 Å². The molecule has 0 saturated carbocycles. The number of nitrogens with one attached hydrogen (secondary N) is 1. The van der Waals surface area contributed by atoms with Crippen LogP contribution in [0.15, 0.2) is 0 Å². The zero-order chi connectivity index (χ0) is 12.5. The molecular formula is C13H25NO2S. The van der Waals surface area contributed by atoms with Crippen molar-refractivity contribution in [3.63, 3.8) is 0 Å². The highest BCUT2D eigenvalue weighted by atomic mass is 32.2. The molecule has 2 saturated heterocycles. The van der Waals surface area contributed by atoms with Crippen molar-refractivity contribution in [2.75, 3.05) is 18.1 Å². The van der Waals surface area contributed by atoms with Gasteiger partial charge in [-0.2, -0.15) is 0 Å². The molecule has 0 amide bonds. The van der Waals surface area contributed by atoms with Crippen molar-refractivity contribution >= 4 is 9.84 Å². The lowest BCUT2D eigenvalue weighted by Crippen LogP contribution is -2.45. The largest absolute Gasteiger partial charge is 0.311 e. The summed E-state index contributed by atoms with van der Waals surface area (Å²) < 4.78 is 22.9. The van der Waals surface area contributed by atoms with Gasteiger partial charge in [-0.15, -0.1) is 0 Å². The maximum atomic E-state index is 11.4. The number of rotatable bonds is 4. The normalized spacial score (nSPS) is 36.8. The summed E-state index contributed by atoms with van der Waals surface area (Å²) >= 11 is 0. The van der Waals surface area contributed by atoms with Crippen molar-refractivity contribution < 1.29 is 8.42 Å². The van der Waals surface area contributed by atoms with Crippen LogP contribution >= 0.6 is 0 Å². The number of hydrogen-bond donors (Lipinski definition) is 1. The first-order chi connectivity index (χ1) is 7.94. The average molecular weight is 259 g/mol. The van der Waals surface area contributed by atoms with Gasteiger partial charge in [-0.05, 0) is 50.5 Å². The van der Waals surface area contributed by atoms with Gasteiger partial charge in [0, 0.05) is 5.54 Å². The van der Waals surface area contributed by atoms with Gasteiger partial charge in [0.05, 0.1) is 11.5 Å². The van der Waals surface area contributed by atoms with Crippen molar-refractivity contribution in [1.29, 1.82) is 0 Å². The highest BCUT2D eigenvalue weighted by Gasteiger charge is 2.37. The summed E-state index contributed by atoms with van der Waals surface area (Å²) in [5, 5.41) is 3.66. The fourth-order valence-electron chi connectivity index (χ4n) is 3.39. The molecule has 2 heterocycles. The van der Waals surface area contributed by atoms with Crippen LogP contribution in [-0.4, -0.2) is 32.0 Å². The molecular weight excluding hydrogens is 234 g/mol. The first kappa shape index (κ1) is 13.3. The molecule has 17 heavy (non-hydrogen) atoms. The highest BCUT2D eigenvalue weighted by Crippen LogP contribution is 2.35. The van der Waals surface area contributed by atoms with Crippen molar-refractivity contribution in [2.24, 2.45) is 11.8 Å². The SMILES string of the molecule is CC(C)C1(CCC2CCS(=O)(=O)C2)CCCN1. The molecule has 0 aromatic rings. The van der Waals surface area contributed by atoms with Gasteiger partial charge in [0.25, 0.3) is 0 Å². The Labute approximate surface area is 105 Å². The molecule has 3 nitrogen and oxygen atoms in total. The lowest BCUT2D eigenvalue weighted by atomic mass is 9.79. The van der Waals surface area contributed by atoms with E-state index in [1.165, 1.54) is 12.8 Å². The van der Waals surface area contributed by atoms with Crippen LogP contribution in [0.4, 0.5) is 0 Å². The molecule has 0 radical (unpaired) electrons. The van der Waals surface area contributed by atoms with Crippen LogP contribution < -0.4 is 5.32 Å². The quantitative estimate of drug-likeness (QED) is 0.839. The molecule has 2 unspecified atom stereocenters. The highest BCUT2D eigenvalue weighted by molar-refractivity contribution is 7.91. The van der Waals surface area contributed by atoms with Crippen LogP contribution in [0, 0.1) is 11.8 Å². The smallest absolute Gasteiger partial charge is 0.150 e. The second-order valence-electron chi connectivity index (χ2n) is 6.15. The maximum Gasteiger partial charge on any atom is 0.150 e. The van der Waals surface area contributed by atoms with E-state index in [4.69, 9.17) is 0 Å². The topological polar surface area (TPSA) is 46.2 Å². The average Bonchev–Trinajstić information content (AvgIpc) is 2.82. The van der Waals surface area contributed by atoms with Crippen LogP contribution in [-0.2, 0) is 9.84 Å². The standard InChI is InChI=1S/C13H25NO2S/c1-11(2)13(6-3-8-14-13)7-4-12-5-9-17(15,16)10-12/h11-12,14H,3-10H2,1-2H3. The van der Waals surface area contributed by atoms with Gasteiger partial charge in [0.2, 0.25) is 0 Å². The fraction of sp³-hybridized carbons (Fsp3) is 1.00. The van der Waals surface area contributed by atoms with Gasteiger partial charge in [0.15, 0.2) is 9.84 Å². The Bertz CT molecular complexity index is 356. The Morgan fingerprint density at radius 2 is 2.18 bits per heavy atom. The molecule has 2 atom stereocenters. The minimum Gasteiger partial charge on any atom is -0.311 e. The first-order valence-corrected chi connectivity index (χ1v) is 8.71. The van der Waals surface area contributed by atoms with E-state index >= 15 is 0 Å². The van der Waals surface area contributed by atoms with Crippen LogP contribution in [0.1, 0.15) is 46.0 Å². The molecule has 0 spiro atoms. The minimum atomic E-state index is -2.70. The van der Waals surface area contributed by atoms with Gasteiger partial charge in [-0.1, -0.05) is 13.8 Å². The van der Waals surface area contributed by atoms with E-state index in [-0.39, 0.29) is 5.54 Å². The molecule has 4 heteroatoms. The summed E-state index contributed by atoms with van der Waals surface area (Å²) in [6.07, 6.45) is 5.62. The predicted molar refractivity (Wildman–Crippen MR) is 70.8 cm³/mol. The van der Waals surface area contributed by atoms with Gasteiger partial charge in [0.1, 0.15) is 0 Å². The molecule has 2 aliphatic heterocycles. The summed E-state index contributed by atoms with van der Waals surface area (Å²) in [4.78, 5) is 0. The van der Waals surface area contributed by atoms with E-state index in [1.54, 1.807) is 0 Å². The van der Waals surface area contributed by atoms with Gasteiger partial charge in [-0.25, -0.2) is 8.42 Å². The molecule has 100 valence electrons. The molecule has 1 N–H and O–H groups in total. The van der Waals surface area contributed by atoms with Crippen LogP contribution in [0.25, 0.3) is 0 Å². The molecule has 2 aliphatic rings. The minimum absolute atomic E-state index is 0.284. The zero-order valence-electron chi connectivity index (χ0n) is 11.0. The van der Waals surface area contributed by atoms with E-state index in [0.717, 1.165) is 25.8 Å². The Balaban J connectivity index is 1.89. The molecule has 0 aromatic heterocycles. The number of sulfone groups is 1. The van der Waals surface area contributed by atoms with Gasteiger partial charge < -0.3 is 5.32 Å². The molecule has 0 aromatic carbocycles. The van der Waals surface area contributed by atoms with Crippen LogP contribution in [0.5, 0.6) is 0 Å². The maximum absolute atomic E-state index is 11.4. The van der Waals surface area contributed by atoms with Crippen LogP contribution in [0.2, 0.25) is 0 Å². The van der Waals surface area contributed by atoms with Crippen molar-refractivity contribution in [2.45, 2.75) is 51.5 Å². The zero-order valence-corrected chi connectivity index (χ0v) is 11.9. The predicted octanol–water partition coefficient (Wildman–Crippen LogP) is 1.98. The Morgan fingerprint density at radius 3 is 2.65 bits per heavy atom. The van der Waals surface area contributed by atoms with E-state index in [1.807, 2.05) is 0 Å². The summed E-state index contributed by atoms with van der Waals surface area (Å²) in [7, 11) is -2.70. The van der Waals surface area contributed by atoms with E-state index in [9.17, 15) is 8.42 Å². The Morgan fingerprint density at radius 1 is 1.41 bits per heavy atom. The summed E-state index contributed by atoms with van der Waals surface area (Å²) in [5.74, 6) is 1.90. The Hall–Kier alpha value is -0.0900. The lowest BCUT2D eigenvalue weighted by Gasteiger charge is -2.35. The number of hydrogen-bond acceptors (Lipinski definition) is 3. The van der Waals surface area contributed by atoms with Gasteiger partial charge in [-0.3, -0.25) is 0 Å². The summed E-state index contributed by atoms with van der Waals surface area (Å²) in [5.41, 5.74) is 0.284. The van der Waals surface area contributed by atoms with Gasteiger partial charge >= 0.3 is 0 Å². The van der Waals surface area contributed by atoms with Crippen LogP contribution in [0.3, 0.4) is 0 Å². The third-order valence-corrected chi connectivity index (χ3v) is 6.54. The lowest BCUT2D eigenvalue weighted by molar-refractivity contribution is 0.234. The summed E-state index contributed by atoms with van der Waals surface area (Å²) in [6, 6.07) is 0. The first-order valence-electron chi connectivity index (χ1n) is 6.89. The fourth-order valence-corrected chi connectivity index (χ4v) is 5.30. The molecule has 2 fully saturated rings. The second-order valence-corrected chi connectivity index (χ2v) is 8.38. The molecule has 0 bridgehead atoms. The monoisotopic (exact) mass is 259 g/mol. The Kier molecular flexibility index (Phi) is 3.83. The third-order valence-electron chi connectivity index (χ3n) is 4.71. The van der Waals surface area contributed by atoms with Crippen molar-refractivity contribution in [3.05, 3.63) is 0 Å². The molecule has 2 rings (SSSR count). The van der Waals surface area contributed by atoms with E-state index < -0.39 is 9.84 Å².